The van der Waals surface area contributed by atoms with E-state index in [9.17, 15) is 4.79 Å². The lowest BCUT2D eigenvalue weighted by atomic mass is 9.96. The molecule has 0 aromatic heterocycles. The van der Waals surface area contributed by atoms with Crippen molar-refractivity contribution >= 4 is 11.6 Å². The van der Waals surface area contributed by atoms with Crippen molar-refractivity contribution in [2.24, 2.45) is 0 Å². The predicted octanol–water partition coefficient (Wildman–Crippen LogP) is 2.28. The number of benzene rings is 1. The van der Waals surface area contributed by atoms with Crippen molar-refractivity contribution in [1.82, 2.24) is 9.80 Å². The van der Waals surface area contributed by atoms with Gasteiger partial charge in [0.1, 0.15) is 0 Å². The van der Waals surface area contributed by atoms with E-state index >= 15 is 0 Å². The molecule has 0 bridgehead atoms. The quantitative estimate of drug-likeness (QED) is 0.806. The number of carbonyl (C=O) groups excluding carboxylic acids is 1. The molecule has 2 heterocycles. The summed E-state index contributed by atoms with van der Waals surface area (Å²) in [6, 6.07) is 6.48. The molecule has 3 rings (SSSR count). The van der Waals surface area contributed by atoms with Crippen LogP contribution < -0.4 is 5.73 Å². The van der Waals surface area contributed by atoms with Gasteiger partial charge in [-0.25, -0.2) is 0 Å². The first kappa shape index (κ1) is 14.4. The molecule has 0 saturated carbocycles. The minimum Gasteiger partial charge on any atom is -0.398 e. The normalized spacial score (nSPS) is 26.5. The van der Waals surface area contributed by atoms with Crippen molar-refractivity contribution in [2.45, 2.75) is 45.2 Å². The molecular weight excluding hydrogens is 262 g/mol. The zero-order valence-corrected chi connectivity index (χ0v) is 13.0. The third-order valence-electron chi connectivity index (χ3n) is 4.97. The van der Waals surface area contributed by atoms with Crippen LogP contribution in [0, 0.1) is 6.92 Å². The fourth-order valence-corrected chi connectivity index (χ4v) is 3.76. The van der Waals surface area contributed by atoms with Crippen molar-refractivity contribution in [3.05, 3.63) is 29.3 Å². The molecule has 0 radical (unpaired) electrons. The van der Waals surface area contributed by atoms with Gasteiger partial charge in [-0.3, -0.25) is 9.69 Å². The maximum absolute atomic E-state index is 13.0. The molecule has 21 heavy (non-hydrogen) atoms. The number of piperazine rings is 1. The summed E-state index contributed by atoms with van der Waals surface area (Å²) < 4.78 is 0. The number of fused-ring (bicyclic) bond motifs is 1. The second kappa shape index (κ2) is 5.68. The van der Waals surface area contributed by atoms with Crippen LogP contribution in [0.1, 0.15) is 42.1 Å². The Hall–Kier alpha value is -1.55. The minimum atomic E-state index is 0.100. The largest absolute Gasteiger partial charge is 0.398 e. The summed E-state index contributed by atoms with van der Waals surface area (Å²) in [5.41, 5.74) is 8.30. The number of anilines is 1. The van der Waals surface area contributed by atoms with Crippen LogP contribution in [0.2, 0.25) is 0 Å². The standard InChI is InChI=1S/C17H25N3O/c1-12-6-5-8-15(18)16(12)17(21)20-11-14-7-3-4-9-19(14)10-13(20)2/h5-6,8,13-14H,3-4,7,9-11,18H2,1-2H3. The van der Waals surface area contributed by atoms with Gasteiger partial charge in [-0.15, -0.1) is 0 Å². The Labute approximate surface area is 126 Å². The van der Waals surface area contributed by atoms with Gasteiger partial charge in [-0.1, -0.05) is 18.6 Å². The molecular formula is C17H25N3O. The number of aryl methyl sites for hydroxylation is 1. The zero-order valence-electron chi connectivity index (χ0n) is 13.0. The lowest BCUT2D eigenvalue weighted by Gasteiger charge is -2.47. The molecule has 1 aromatic carbocycles. The molecule has 4 nitrogen and oxygen atoms in total. The van der Waals surface area contributed by atoms with Crippen molar-refractivity contribution in [3.63, 3.8) is 0 Å². The molecule has 4 heteroatoms. The van der Waals surface area contributed by atoms with E-state index in [1.807, 2.05) is 30.0 Å². The van der Waals surface area contributed by atoms with E-state index in [4.69, 9.17) is 5.73 Å². The van der Waals surface area contributed by atoms with Crippen LogP contribution in [0.25, 0.3) is 0 Å². The highest BCUT2D eigenvalue weighted by atomic mass is 16.2. The zero-order chi connectivity index (χ0) is 15.0. The van der Waals surface area contributed by atoms with Crippen LogP contribution in [0.3, 0.4) is 0 Å². The summed E-state index contributed by atoms with van der Waals surface area (Å²) in [6.45, 7) is 7.13. The van der Waals surface area contributed by atoms with E-state index in [2.05, 4.69) is 11.8 Å². The predicted molar refractivity (Wildman–Crippen MR) is 85.3 cm³/mol. The maximum atomic E-state index is 13.0. The van der Waals surface area contributed by atoms with E-state index < -0.39 is 0 Å². The summed E-state index contributed by atoms with van der Waals surface area (Å²) in [7, 11) is 0. The van der Waals surface area contributed by atoms with Crippen molar-refractivity contribution in [1.29, 1.82) is 0 Å². The molecule has 1 amide bonds. The summed E-state index contributed by atoms with van der Waals surface area (Å²) in [4.78, 5) is 17.5. The topological polar surface area (TPSA) is 49.6 Å². The van der Waals surface area contributed by atoms with E-state index in [1.54, 1.807) is 0 Å². The molecule has 0 spiro atoms. The molecule has 2 saturated heterocycles. The van der Waals surface area contributed by atoms with Gasteiger partial charge in [-0.05, 0) is 44.9 Å². The molecule has 2 unspecified atom stereocenters. The number of hydrogen-bond donors (Lipinski definition) is 1. The molecule has 0 aliphatic carbocycles. The Morgan fingerprint density at radius 3 is 2.86 bits per heavy atom. The summed E-state index contributed by atoms with van der Waals surface area (Å²) in [5, 5.41) is 0. The smallest absolute Gasteiger partial charge is 0.256 e. The Bertz CT molecular complexity index is 523. The highest BCUT2D eigenvalue weighted by Crippen LogP contribution is 2.27. The van der Waals surface area contributed by atoms with E-state index in [0.717, 1.165) is 18.7 Å². The Morgan fingerprint density at radius 2 is 2.10 bits per heavy atom. The van der Waals surface area contributed by atoms with E-state index in [-0.39, 0.29) is 11.9 Å². The summed E-state index contributed by atoms with van der Waals surface area (Å²) in [5.74, 6) is 0.100. The molecule has 1 aromatic rings. The third-order valence-corrected chi connectivity index (χ3v) is 4.97. The van der Waals surface area contributed by atoms with Crippen LogP contribution in [0.4, 0.5) is 5.69 Å². The highest BCUT2D eigenvalue weighted by Gasteiger charge is 2.36. The van der Waals surface area contributed by atoms with E-state index in [0.29, 0.717) is 17.3 Å². The Morgan fingerprint density at radius 1 is 1.29 bits per heavy atom. The first-order valence-electron chi connectivity index (χ1n) is 7.98. The molecule has 2 fully saturated rings. The van der Waals surface area contributed by atoms with Gasteiger partial charge in [-0.2, -0.15) is 0 Å². The van der Waals surface area contributed by atoms with Crippen LogP contribution >= 0.6 is 0 Å². The van der Waals surface area contributed by atoms with Gasteiger partial charge in [0.05, 0.1) is 5.56 Å². The van der Waals surface area contributed by atoms with Crippen molar-refractivity contribution in [2.75, 3.05) is 25.4 Å². The second-order valence-electron chi connectivity index (χ2n) is 6.49. The van der Waals surface area contributed by atoms with Crippen LogP contribution in [0.15, 0.2) is 18.2 Å². The van der Waals surface area contributed by atoms with Crippen LogP contribution in [-0.2, 0) is 0 Å². The Balaban J connectivity index is 1.84. The number of hydrogen-bond acceptors (Lipinski definition) is 3. The lowest BCUT2D eigenvalue weighted by molar-refractivity contribution is 0.0152. The number of amides is 1. The van der Waals surface area contributed by atoms with Gasteiger partial charge in [0, 0.05) is 30.9 Å². The first-order valence-corrected chi connectivity index (χ1v) is 7.98. The number of nitrogens with zero attached hydrogens (tertiary/aromatic N) is 2. The minimum absolute atomic E-state index is 0.100. The highest BCUT2D eigenvalue weighted by molar-refractivity contribution is 6.00. The molecule has 2 N–H and O–H groups in total. The lowest BCUT2D eigenvalue weighted by Crippen LogP contribution is -2.60. The number of carbonyl (C=O) groups is 1. The maximum Gasteiger partial charge on any atom is 0.256 e. The van der Waals surface area contributed by atoms with Gasteiger partial charge in [0.2, 0.25) is 0 Å². The summed E-state index contributed by atoms with van der Waals surface area (Å²) in [6.07, 6.45) is 3.78. The monoisotopic (exact) mass is 287 g/mol. The molecule has 2 atom stereocenters. The third kappa shape index (κ3) is 2.64. The average Bonchev–Trinajstić information content (AvgIpc) is 2.46. The average molecular weight is 287 g/mol. The summed E-state index contributed by atoms with van der Waals surface area (Å²) >= 11 is 0. The first-order chi connectivity index (χ1) is 10.1. The Kier molecular flexibility index (Phi) is 3.89. The molecule has 2 aliphatic rings. The van der Waals surface area contributed by atoms with Crippen LogP contribution in [-0.4, -0.2) is 47.4 Å². The van der Waals surface area contributed by atoms with Gasteiger partial charge >= 0.3 is 0 Å². The van der Waals surface area contributed by atoms with Gasteiger partial charge < -0.3 is 10.6 Å². The van der Waals surface area contributed by atoms with Gasteiger partial charge in [0.25, 0.3) is 5.91 Å². The SMILES string of the molecule is Cc1cccc(N)c1C(=O)N1CC2CCCCN2CC1C. The number of nitrogen functional groups attached to an aromatic ring is 1. The molecule has 2 aliphatic heterocycles. The number of nitrogens with two attached hydrogens (primary N) is 1. The van der Waals surface area contributed by atoms with Crippen molar-refractivity contribution < 1.29 is 4.79 Å². The fraction of sp³-hybridized carbons (Fsp3) is 0.588. The van der Waals surface area contributed by atoms with Gasteiger partial charge in [0.15, 0.2) is 0 Å². The van der Waals surface area contributed by atoms with E-state index in [1.165, 1.54) is 25.8 Å². The number of rotatable bonds is 1. The number of piperidine rings is 1. The van der Waals surface area contributed by atoms with Crippen molar-refractivity contribution in [3.8, 4) is 0 Å². The molecule has 114 valence electrons. The fourth-order valence-electron chi connectivity index (χ4n) is 3.76. The second-order valence-corrected chi connectivity index (χ2v) is 6.49. The van der Waals surface area contributed by atoms with Crippen LogP contribution in [0.5, 0.6) is 0 Å².